The van der Waals surface area contributed by atoms with E-state index in [2.05, 4.69) is 22.4 Å². The molecule has 7 nitrogen and oxygen atoms in total. The highest BCUT2D eigenvalue weighted by Gasteiger charge is 2.30. The molecular formula is C25H21N3O4. The zero-order chi connectivity index (χ0) is 22.1. The molecule has 1 atom stereocenters. The number of benzene rings is 2. The molecular weight excluding hydrogens is 406 g/mol. The Morgan fingerprint density at radius 1 is 1.00 bits per heavy atom. The van der Waals surface area contributed by atoms with Crippen molar-refractivity contribution in [1.82, 2.24) is 14.7 Å². The van der Waals surface area contributed by atoms with E-state index in [1.165, 1.54) is 0 Å². The van der Waals surface area contributed by atoms with Gasteiger partial charge in [-0.15, -0.1) is 0 Å². The number of carboxylic acid groups (broad SMARTS) is 1. The van der Waals surface area contributed by atoms with Crippen LogP contribution in [0.5, 0.6) is 0 Å². The third kappa shape index (κ3) is 3.58. The fourth-order valence-corrected chi connectivity index (χ4v) is 4.33. The highest BCUT2D eigenvalue weighted by atomic mass is 16.5. The van der Waals surface area contributed by atoms with E-state index in [4.69, 9.17) is 4.74 Å². The quantitative estimate of drug-likeness (QED) is 0.487. The maximum atomic E-state index is 12.5. The van der Waals surface area contributed by atoms with Crippen molar-refractivity contribution in [3.63, 3.8) is 0 Å². The van der Waals surface area contributed by atoms with Crippen molar-refractivity contribution < 1.29 is 19.4 Å². The van der Waals surface area contributed by atoms with Crippen LogP contribution in [0.3, 0.4) is 0 Å². The maximum absolute atomic E-state index is 12.5. The Kier molecular flexibility index (Phi) is 5.07. The lowest BCUT2D eigenvalue weighted by Crippen LogP contribution is -2.43. The van der Waals surface area contributed by atoms with Crippen LogP contribution in [-0.2, 0) is 16.0 Å². The average molecular weight is 427 g/mol. The minimum absolute atomic E-state index is 0.0878. The number of hydrogen-bond donors (Lipinski definition) is 2. The van der Waals surface area contributed by atoms with Gasteiger partial charge in [-0.25, -0.2) is 14.6 Å². The van der Waals surface area contributed by atoms with E-state index >= 15 is 0 Å². The molecule has 160 valence electrons. The van der Waals surface area contributed by atoms with Crippen LogP contribution in [0.2, 0.25) is 0 Å². The number of ether oxygens (including phenoxy) is 1. The topological polar surface area (TPSA) is 92.9 Å². The Bertz CT molecular complexity index is 1270. The number of nitrogens with one attached hydrogen (secondary N) is 1. The van der Waals surface area contributed by atoms with E-state index in [0.717, 1.165) is 22.3 Å². The number of rotatable bonds is 6. The van der Waals surface area contributed by atoms with Crippen molar-refractivity contribution in [3.8, 4) is 11.1 Å². The van der Waals surface area contributed by atoms with E-state index in [-0.39, 0.29) is 18.9 Å². The van der Waals surface area contributed by atoms with Gasteiger partial charge in [-0.2, -0.15) is 0 Å². The number of carbonyl (C=O) groups excluding carboxylic acids is 1. The summed E-state index contributed by atoms with van der Waals surface area (Å²) in [6.45, 7) is 0.127. The summed E-state index contributed by atoms with van der Waals surface area (Å²) >= 11 is 0. The Morgan fingerprint density at radius 2 is 1.66 bits per heavy atom. The number of alkyl carbamates (subject to hydrolysis) is 1. The molecule has 7 heteroatoms. The molecule has 0 saturated heterocycles. The van der Waals surface area contributed by atoms with Crippen LogP contribution >= 0.6 is 0 Å². The van der Waals surface area contributed by atoms with Crippen LogP contribution in [-0.4, -0.2) is 39.2 Å². The molecule has 2 heterocycles. The number of carboxylic acids is 1. The van der Waals surface area contributed by atoms with Gasteiger partial charge in [0.25, 0.3) is 0 Å². The molecule has 2 aromatic carbocycles. The number of amides is 1. The summed E-state index contributed by atoms with van der Waals surface area (Å²) in [5.74, 6) is -1.22. The van der Waals surface area contributed by atoms with Crippen LogP contribution in [0.15, 0.2) is 79.1 Å². The molecule has 2 aromatic heterocycles. The maximum Gasteiger partial charge on any atom is 0.407 e. The SMILES string of the molecule is O=C(NC(Cc1cnc2ccccn12)C(=O)O)OCC1c2ccccc2-c2ccccc21. The molecule has 0 spiro atoms. The lowest BCUT2D eigenvalue weighted by Gasteiger charge is -2.17. The van der Waals surface area contributed by atoms with Crippen LogP contribution in [0.25, 0.3) is 16.8 Å². The van der Waals surface area contributed by atoms with Crippen LogP contribution in [0.4, 0.5) is 4.79 Å². The van der Waals surface area contributed by atoms with Gasteiger partial charge in [-0.3, -0.25) is 0 Å². The number of hydrogen-bond acceptors (Lipinski definition) is 4. The Balaban J connectivity index is 1.28. The molecule has 1 unspecified atom stereocenters. The van der Waals surface area contributed by atoms with E-state index < -0.39 is 18.1 Å². The molecule has 0 aliphatic heterocycles. The summed E-state index contributed by atoms with van der Waals surface area (Å²) in [7, 11) is 0. The molecule has 1 amide bonds. The molecule has 5 rings (SSSR count). The first-order valence-corrected chi connectivity index (χ1v) is 10.4. The normalized spacial score (nSPS) is 13.4. The monoisotopic (exact) mass is 427 g/mol. The number of imidazole rings is 1. The number of fused-ring (bicyclic) bond motifs is 4. The number of aromatic nitrogens is 2. The zero-order valence-electron chi connectivity index (χ0n) is 17.1. The summed E-state index contributed by atoms with van der Waals surface area (Å²) in [6.07, 6.45) is 2.76. The van der Waals surface area contributed by atoms with Gasteiger partial charge in [-0.1, -0.05) is 54.6 Å². The third-order valence-corrected chi connectivity index (χ3v) is 5.84. The first-order valence-electron chi connectivity index (χ1n) is 10.4. The van der Waals surface area contributed by atoms with Gasteiger partial charge in [0.1, 0.15) is 18.3 Å². The average Bonchev–Trinajstić information content (AvgIpc) is 3.36. The largest absolute Gasteiger partial charge is 0.480 e. The minimum atomic E-state index is -1.13. The third-order valence-electron chi connectivity index (χ3n) is 5.84. The van der Waals surface area contributed by atoms with Crippen molar-refractivity contribution in [2.45, 2.75) is 18.4 Å². The summed E-state index contributed by atoms with van der Waals surface area (Å²) in [5, 5.41) is 12.1. The summed E-state index contributed by atoms with van der Waals surface area (Å²) in [5.41, 5.74) is 5.87. The van der Waals surface area contributed by atoms with Crippen LogP contribution < -0.4 is 5.32 Å². The molecule has 1 aliphatic rings. The van der Waals surface area contributed by atoms with E-state index in [0.29, 0.717) is 11.3 Å². The number of pyridine rings is 1. The number of aliphatic carboxylic acids is 1. The van der Waals surface area contributed by atoms with E-state index in [1.807, 2.05) is 60.8 Å². The second kappa shape index (κ2) is 8.19. The fraction of sp³-hybridized carbons (Fsp3) is 0.160. The number of carbonyl (C=O) groups is 2. The van der Waals surface area contributed by atoms with Crippen molar-refractivity contribution in [2.75, 3.05) is 6.61 Å². The molecule has 0 radical (unpaired) electrons. The second-order valence-electron chi connectivity index (χ2n) is 7.74. The molecule has 4 aromatic rings. The van der Waals surface area contributed by atoms with Gasteiger partial charge in [-0.05, 0) is 34.4 Å². The highest BCUT2D eigenvalue weighted by Crippen LogP contribution is 2.44. The molecule has 0 saturated carbocycles. The predicted octanol–water partition coefficient (Wildman–Crippen LogP) is 3.87. The first kappa shape index (κ1) is 19.8. The van der Waals surface area contributed by atoms with Gasteiger partial charge in [0.2, 0.25) is 0 Å². The van der Waals surface area contributed by atoms with Gasteiger partial charge in [0.15, 0.2) is 0 Å². The molecule has 32 heavy (non-hydrogen) atoms. The fourth-order valence-electron chi connectivity index (χ4n) is 4.33. The smallest absolute Gasteiger partial charge is 0.407 e. The summed E-state index contributed by atoms with van der Waals surface area (Å²) in [4.78, 5) is 28.6. The number of nitrogens with zero attached hydrogens (tertiary/aromatic N) is 2. The molecule has 0 bridgehead atoms. The van der Waals surface area contributed by atoms with E-state index in [9.17, 15) is 14.7 Å². The molecule has 1 aliphatic carbocycles. The van der Waals surface area contributed by atoms with Crippen LogP contribution in [0.1, 0.15) is 22.7 Å². The first-order chi connectivity index (χ1) is 15.6. The predicted molar refractivity (Wildman–Crippen MR) is 119 cm³/mol. The standard InChI is InChI=1S/C25H21N3O4/c29-24(30)22(13-16-14-26-23-11-5-6-12-28(16)23)27-25(31)32-15-21-19-9-3-1-7-17(19)18-8-2-4-10-20(18)21/h1-12,14,21-22H,13,15H2,(H,27,31)(H,29,30). The van der Waals surface area contributed by atoms with Gasteiger partial charge in [0, 0.05) is 30.4 Å². The summed E-state index contributed by atoms with van der Waals surface area (Å²) < 4.78 is 7.29. The van der Waals surface area contributed by atoms with E-state index in [1.54, 1.807) is 10.6 Å². The Morgan fingerprint density at radius 3 is 2.34 bits per heavy atom. The van der Waals surface area contributed by atoms with Crippen molar-refractivity contribution in [3.05, 3.63) is 95.9 Å². The summed E-state index contributed by atoms with van der Waals surface area (Å²) in [6, 6.07) is 20.5. The van der Waals surface area contributed by atoms with Gasteiger partial charge in [0.05, 0.1) is 0 Å². The highest BCUT2D eigenvalue weighted by molar-refractivity contribution is 5.81. The molecule has 2 N–H and O–H groups in total. The Labute approximate surface area is 184 Å². The molecule has 0 fully saturated rings. The van der Waals surface area contributed by atoms with Gasteiger partial charge < -0.3 is 19.6 Å². The minimum Gasteiger partial charge on any atom is -0.480 e. The Hall–Kier alpha value is -4.13. The lowest BCUT2D eigenvalue weighted by atomic mass is 9.98. The van der Waals surface area contributed by atoms with Gasteiger partial charge >= 0.3 is 12.1 Å². The van der Waals surface area contributed by atoms with Crippen molar-refractivity contribution in [1.29, 1.82) is 0 Å². The lowest BCUT2D eigenvalue weighted by molar-refractivity contribution is -0.139. The van der Waals surface area contributed by atoms with Crippen LogP contribution in [0, 0.1) is 0 Å². The van der Waals surface area contributed by atoms with Crippen molar-refractivity contribution in [2.24, 2.45) is 0 Å². The zero-order valence-corrected chi connectivity index (χ0v) is 17.1. The second-order valence-corrected chi connectivity index (χ2v) is 7.74. The van der Waals surface area contributed by atoms with Crippen molar-refractivity contribution >= 4 is 17.7 Å².